The van der Waals surface area contributed by atoms with E-state index in [9.17, 15) is 24.4 Å². The van der Waals surface area contributed by atoms with Crippen molar-refractivity contribution in [2.24, 2.45) is 5.92 Å². The Bertz CT molecular complexity index is 1610. The summed E-state index contributed by atoms with van der Waals surface area (Å²) in [6, 6.07) is 16.0. The number of rotatable bonds is 46. The van der Waals surface area contributed by atoms with Gasteiger partial charge in [0.1, 0.15) is 23.7 Å². The number of unbranched alkanes of at least 4 members (excludes halogenated alkanes) is 27. The molecule has 1 aliphatic rings. The molecule has 0 radical (unpaired) electrons. The fraction of sp³-hybridized carbons (Fsp3) is 0.767. The van der Waals surface area contributed by atoms with E-state index in [4.69, 9.17) is 23.0 Å². The second-order valence-electron chi connectivity index (χ2n) is 20.8. The first-order chi connectivity index (χ1) is 35.2. The molecule has 2 aromatic rings. The molecule has 3 rings (SSSR count). The Hall–Kier alpha value is -2.95. The van der Waals surface area contributed by atoms with E-state index >= 15 is 0 Å². The van der Waals surface area contributed by atoms with Gasteiger partial charge in [-0.05, 0) is 49.4 Å². The van der Waals surface area contributed by atoms with Crippen LogP contribution in [0.25, 0.3) is 0 Å². The number of benzene rings is 2. The lowest BCUT2D eigenvalue weighted by atomic mass is 9.91. The Kier molecular flexibility index (Phi) is 36.3. The van der Waals surface area contributed by atoms with Crippen molar-refractivity contribution in [3.63, 3.8) is 0 Å². The number of esters is 1. The standard InChI is InChI=1S/C60H102NO10P/c1-4-7-10-13-16-19-20-21-24-26-29-34-41-51(40-33-28-25-22-17-14-11-8-5-2)47-58(65)68-59-55(61-57(64)48-52(63)42-35-30-27-23-18-15-12-9-6-3)50-67-56(49-62)60(59)71-72(66,69-53-43-36-31-37-44-53)70-54-45-38-32-39-46-54/h31-32,36-39,43-46,51-52,55-56,59-60,62-63H,4-30,33-35,40-42,47-50H2,1-3H3,(H,61,64)/t51-,52+,55+,56+,59+,60+/m0/s1. The molecule has 1 saturated heterocycles. The van der Waals surface area contributed by atoms with Crippen molar-refractivity contribution in [1.82, 2.24) is 5.32 Å². The summed E-state index contributed by atoms with van der Waals surface area (Å²) in [6.45, 7) is 6.05. The van der Waals surface area contributed by atoms with Crippen LogP contribution in [0.15, 0.2) is 60.7 Å². The molecule has 72 heavy (non-hydrogen) atoms. The maximum atomic E-state index is 14.9. The summed E-state index contributed by atoms with van der Waals surface area (Å²) in [5.74, 6) is -0.361. The molecule has 1 aliphatic heterocycles. The number of aliphatic hydroxyl groups is 2. The molecule has 0 saturated carbocycles. The van der Waals surface area contributed by atoms with Gasteiger partial charge in [0.2, 0.25) is 5.91 Å². The molecule has 0 unspecified atom stereocenters. The van der Waals surface area contributed by atoms with Gasteiger partial charge in [-0.25, -0.2) is 4.57 Å². The monoisotopic (exact) mass is 1030 g/mol. The van der Waals surface area contributed by atoms with Crippen molar-refractivity contribution >= 4 is 19.7 Å². The molecule has 0 aromatic heterocycles. The van der Waals surface area contributed by atoms with Crippen LogP contribution >= 0.6 is 7.82 Å². The van der Waals surface area contributed by atoms with Gasteiger partial charge in [-0.1, -0.05) is 250 Å². The number of aliphatic hydroxyl groups excluding tert-OH is 2. The summed E-state index contributed by atoms with van der Waals surface area (Å²) in [4.78, 5) is 28.1. The van der Waals surface area contributed by atoms with E-state index in [0.29, 0.717) is 6.42 Å². The van der Waals surface area contributed by atoms with Crippen molar-refractivity contribution in [2.45, 2.75) is 276 Å². The van der Waals surface area contributed by atoms with Gasteiger partial charge in [0.05, 0.1) is 31.8 Å². The Morgan fingerprint density at radius 3 is 1.36 bits per heavy atom. The molecule has 0 spiro atoms. The van der Waals surface area contributed by atoms with Crippen molar-refractivity contribution in [1.29, 1.82) is 0 Å². The number of ether oxygens (including phenoxy) is 2. The predicted molar refractivity (Wildman–Crippen MR) is 293 cm³/mol. The lowest BCUT2D eigenvalue weighted by Gasteiger charge is -2.42. The largest absolute Gasteiger partial charge is 0.588 e. The van der Waals surface area contributed by atoms with Crippen LogP contribution in [0.3, 0.4) is 0 Å². The highest BCUT2D eigenvalue weighted by molar-refractivity contribution is 7.49. The van der Waals surface area contributed by atoms with Crippen LogP contribution in [0.1, 0.15) is 245 Å². The first-order valence-corrected chi connectivity index (χ1v) is 30.8. The molecule has 1 fully saturated rings. The highest BCUT2D eigenvalue weighted by Crippen LogP contribution is 2.52. The third-order valence-corrected chi connectivity index (χ3v) is 15.6. The first-order valence-electron chi connectivity index (χ1n) is 29.4. The van der Waals surface area contributed by atoms with Gasteiger partial charge < -0.3 is 34.1 Å². The van der Waals surface area contributed by atoms with Crippen molar-refractivity contribution in [3.8, 4) is 11.5 Å². The Balaban J connectivity index is 1.76. The van der Waals surface area contributed by atoms with E-state index in [2.05, 4.69) is 26.1 Å². The highest BCUT2D eigenvalue weighted by atomic mass is 31.2. The van der Waals surface area contributed by atoms with Crippen LogP contribution in [0, 0.1) is 5.92 Å². The maximum absolute atomic E-state index is 14.9. The number of phosphoric acid groups is 1. The number of hydrogen-bond donors (Lipinski definition) is 3. The van der Waals surface area contributed by atoms with Gasteiger partial charge in [-0.15, -0.1) is 0 Å². The molecule has 6 atom stereocenters. The average Bonchev–Trinajstić information content (AvgIpc) is 3.37. The summed E-state index contributed by atoms with van der Waals surface area (Å²) in [6.07, 6.45) is 34.4. The second kappa shape index (κ2) is 41.3. The van der Waals surface area contributed by atoms with E-state index in [-0.39, 0.29) is 36.9 Å². The Morgan fingerprint density at radius 2 is 0.958 bits per heavy atom. The zero-order valence-corrected chi connectivity index (χ0v) is 46.4. The normalized spacial score (nSPS) is 17.8. The molecule has 3 N–H and O–H groups in total. The van der Waals surface area contributed by atoms with Gasteiger partial charge >= 0.3 is 13.8 Å². The third kappa shape index (κ3) is 29.8. The molecule has 2 aromatic carbocycles. The number of phosphoric ester groups is 1. The molecule has 412 valence electrons. The SMILES string of the molecule is CCCCCCCCCCCCCC[C@H](CCCCCCCCCCC)CC(=O)O[C@H]1[C@H](OP(=O)(Oc2ccccc2)Oc2ccccc2)[C@@H](CO)OC[C@H]1NC(=O)C[C@H](O)CCCCCCCCCCC. The van der Waals surface area contributed by atoms with E-state index < -0.39 is 56.8 Å². The van der Waals surface area contributed by atoms with Gasteiger partial charge in [0, 0.05) is 6.42 Å². The summed E-state index contributed by atoms with van der Waals surface area (Å²) in [7, 11) is -4.61. The zero-order valence-electron chi connectivity index (χ0n) is 45.5. The minimum Gasteiger partial charge on any atom is -0.457 e. The van der Waals surface area contributed by atoms with E-state index in [1.807, 2.05) is 0 Å². The quantitative estimate of drug-likeness (QED) is 0.0332. The van der Waals surface area contributed by atoms with Gasteiger partial charge in [-0.3, -0.25) is 14.1 Å². The van der Waals surface area contributed by atoms with Crippen LogP contribution < -0.4 is 14.4 Å². The number of nitrogens with one attached hydrogen (secondary N) is 1. The lowest BCUT2D eigenvalue weighted by molar-refractivity contribution is -0.188. The van der Waals surface area contributed by atoms with Gasteiger partial charge in [0.15, 0.2) is 6.10 Å². The van der Waals surface area contributed by atoms with Crippen molar-refractivity contribution < 1.29 is 47.4 Å². The molecule has 12 heteroatoms. The summed E-state index contributed by atoms with van der Waals surface area (Å²) in [5.41, 5.74) is 0. The van der Waals surface area contributed by atoms with Crippen LogP contribution in [0.5, 0.6) is 11.5 Å². The van der Waals surface area contributed by atoms with E-state index in [1.165, 1.54) is 148 Å². The van der Waals surface area contributed by atoms with Crippen molar-refractivity contribution in [3.05, 3.63) is 60.7 Å². The molecule has 1 heterocycles. The molecule has 0 bridgehead atoms. The van der Waals surface area contributed by atoms with Crippen LogP contribution in [0.2, 0.25) is 0 Å². The molecular formula is C60H102NO10P. The minimum absolute atomic E-state index is 0.108. The number of para-hydroxylation sites is 2. The molecular weight excluding hydrogens is 926 g/mol. The highest BCUT2D eigenvalue weighted by Gasteiger charge is 2.50. The maximum Gasteiger partial charge on any atom is 0.588 e. The van der Waals surface area contributed by atoms with Crippen LogP contribution in [-0.2, 0) is 28.2 Å². The summed E-state index contributed by atoms with van der Waals surface area (Å²) >= 11 is 0. The van der Waals surface area contributed by atoms with E-state index in [0.717, 1.165) is 57.8 Å². The van der Waals surface area contributed by atoms with E-state index in [1.54, 1.807) is 60.7 Å². The summed E-state index contributed by atoms with van der Waals surface area (Å²) < 4.78 is 45.7. The minimum atomic E-state index is -4.61. The topological polar surface area (TPSA) is 150 Å². The second-order valence-corrected chi connectivity index (χ2v) is 22.3. The first kappa shape index (κ1) is 63.3. The van der Waals surface area contributed by atoms with Crippen LogP contribution in [0.4, 0.5) is 0 Å². The zero-order chi connectivity index (χ0) is 51.8. The fourth-order valence-corrected chi connectivity index (χ4v) is 11.4. The molecule has 0 aliphatic carbocycles. The fourth-order valence-electron chi connectivity index (χ4n) is 9.92. The van der Waals surface area contributed by atoms with Gasteiger partial charge in [0.25, 0.3) is 0 Å². The number of hydrogen-bond acceptors (Lipinski definition) is 10. The third-order valence-electron chi connectivity index (χ3n) is 14.2. The smallest absolute Gasteiger partial charge is 0.457 e. The Labute approximate surface area is 438 Å². The predicted octanol–water partition coefficient (Wildman–Crippen LogP) is 16.1. The summed E-state index contributed by atoms with van der Waals surface area (Å²) in [5, 5.41) is 24.7. The van der Waals surface area contributed by atoms with Gasteiger partial charge in [-0.2, -0.15) is 0 Å². The molecule has 1 amide bonds. The molecule has 11 nitrogen and oxygen atoms in total. The number of carbonyl (C=O) groups excluding carboxylic acids is 2. The van der Waals surface area contributed by atoms with Crippen molar-refractivity contribution in [2.75, 3.05) is 13.2 Å². The Morgan fingerprint density at radius 1 is 0.569 bits per heavy atom. The number of carbonyl (C=O) groups is 2. The lowest BCUT2D eigenvalue weighted by Crippen LogP contribution is -2.62. The van der Waals surface area contributed by atoms with Crippen LogP contribution in [-0.4, -0.2) is 65.8 Å². The average molecular weight is 1030 g/mol. The number of amides is 1.